The first-order valence-corrected chi connectivity index (χ1v) is 8.39. The number of hydrogen-bond donors (Lipinski definition) is 1. The molecule has 1 aromatic rings. The van der Waals surface area contributed by atoms with E-state index in [9.17, 15) is 13.2 Å². The highest BCUT2D eigenvalue weighted by Crippen LogP contribution is 2.16. The molecule has 0 heterocycles. The summed E-state index contributed by atoms with van der Waals surface area (Å²) in [6, 6.07) is 5.31. The van der Waals surface area contributed by atoms with Crippen molar-refractivity contribution in [3.05, 3.63) is 28.7 Å². The summed E-state index contributed by atoms with van der Waals surface area (Å²) in [4.78, 5) is 11.8. The van der Waals surface area contributed by atoms with E-state index in [1.165, 1.54) is 19.2 Å². The van der Waals surface area contributed by atoms with Gasteiger partial charge in [0.05, 0.1) is 12.0 Å². The van der Waals surface area contributed by atoms with Crippen molar-refractivity contribution in [2.24, 2.45) is 5.92 Å². The van der Waals surface area contributed by atoms with Crippen LogP contribution >= 0.6 is 15.9 Å². The maximum Gasteiger partial charge on any atom is 0.323 e. The second-order valence-electron chi connectivity index (χ2n) is 4.78. The Labute approximate surface area is 127 Å². The summed E-state index contributed by atoms with van der Waals surface area (Å²) in [5, 5.41) is 0. The fourth-order valence-electron chi connectivity index (χ4n) is 1.68. The molecule has 5 nitrogen and oxygen atoms in total. The number of carbonyl (C=O) groups excluding carboxylic acids is 1. The van der Waals surface area contributed by atoms with E-state index in [2.05, 4.69) is 25.4 Å². The van der Waals surface area contributed by atoms with Crippen molar-refractivity contribution >= 4 is 31.9 Å². The monoisotopic (exact) mass is 363 g/mol. The Hall–Kier alpha value is -0.920. The van der Waals surface area contributed by atoms with Gasteiger partial charge in [-0.1, -0.05) is 29.8 Å². The van der Waals surface area contributed by atoms with Crippen LogP contribution in [0, 0.1) is 5.92 Å². The first kappa shape index (κ1) is 17.1. The highest BCUT2D eigenvalue weighted by Gasteiger charge is 2.27. The molecule has 1 unspecified atom stereocenters. The average molecular weight is 364 g/mol. The third-order valence-electron chi connectivity index (χ3n) is 2.61. The van der Waals surface area contributed by atoms with Gasteiger partial charge in [-0.25, -0.2) is 8.42 Å². The van der Waals surface area contributed by atoms with Crippen LogP contribution in [0.3, 0.4) is 0 Å². The summed E-state index contributed by atoms with van der Waals surface area (Å²) in [7, 11) is -2.51. The molecule has 0 aliphatic heterocycles. The van der Waals surface area contributed by atoms with E-state index in [4.69, 9.17) is 0 Å². The van der Waals surface area contributed by atoms with Gasteiger partial charge < -0.3 is 4.74 Å². The number of esters is 1. The van der Waals surface area contributed by atoms with Crippen LogP contribution in [0.15, 0.2) is 33.6 Å². The first-order chi connectivity index (χ1) is 9.26. The third-order valence-corrected chi connectivity index (χ3v) is 4.63. The summed E-state index contributed by atoms with van der Waals surface area (Å²) in [6.45, 7) is 3.81. The smallest absolute Gasteiger partial charge is 0.323 e. The predicted octanol–water partition coefficient (Wildman–Crippen LogP) is 2.32. The highest BCUT2D eigenvalue weighted by molar-refractivity contribution is 9.10. The van der Waals surface area contributed by atoms with Crippen LogP contribution in [-0.4, -0.2) is 27.5 Å². The van der Waals surface area contributed by atoms with Gasteiger partial charge in [-0.2, -0.15) is 4.72 Å². The zero-order valence-corrected chi connectivity index (χ0v) is 14.0. The second kappa shape index (κ2) is 7.19. The number of ether oxygens (including phenoxy) is 1. The Morgan fingerprint density at radius 3 is 2.30 bits per heavy atom. The molecule has 0 bridgehead atoms. The van der Waals surface area contributed by atoms with Gasteiger partial charge in [-0.05, 0) is 36.6 Å². The molecule has 1 N–H and O–H groups in total. The molecule has 0 radical (unpaired) electrons. The van der Waals surface area contributed by atoms with Crippen molar-refractivity contribution in [1.82, 2.24) is 4.72 Å². The van der Waals surface area contributed by atoms with E-state index in [0.717, 1.165) is 4.47 Å². The van der Waals surface area contributed by atoms with E-state index in [-0.39, 0.29) is 10.8 Å². The molecule has 0 aliphatic carbocycles. The Morgan fingerprint density at radius 2 is 1.85 bits per heavy atom. The molecule has 0 saturated heterocycles. The summed E-state index contributed by atoms with van der Waals surface area (Å²) < 4.78 is 32.3. The lowest BCUT2D eigenvalue weighted by Crippen LogP contribution is -2.42. The molecule has 0 amide bonds. The maximum absolute atomic E-state index is 12.2. The summed E-state index contributed by atoms with van der Waals surface area (Å²) in [5.74, 6) is -0.425. The lowest BCUT2D eigenvalue weighted by atomic mass is 10.1. The molecule has 0 aliphatic rings. The second-order valence-corrected chi connectivity index (χ2v) is 7.41. The fraction of sp³-hybridized carbons (Fsp3) is 0.462. The maximum atomic E-state index is 12.2. The van der Waals surface area contributed by atoms with Gasteiger partial charge >= 0.3 is 5.97 Å². The van der Waals surface area contributed by atoms with Gasteiger partial charge in [0.2, 0.25) is 10.0 Å². The lowest BCUT2D eigenvalue weighted by molar-refractivity contribution is -0.143. The molecular formula is C13H18BrNO4S. The summed E-state index contributed by atoms with van der Waals surface area (Å²) in [5.41, 5.74) is 0. The molecule has 0 spiro atoms. The number of sulfonamides is 1. The SMILES string of the molecule is COC(=O)C(CC(C)C)NS(=O)(=O)c1ccc(Br)cc1. The van der Waals surface area contributed by atoms with Crippen molar-refractivity contribution in [1.29, 1.82) is 0 Å². The number of hydrogen-bond acceptors (Lipinski definition) is 4. The van der Waals surface area contributed by atoms with Gasteiger partial charge in [0.25, 0.3) is 0 Å². The van der Waals surface area contributed by atoms with E-state index in [1.807, 2.05) is 13.8 Å². The van der Waals surface area contributed by atoms with Crippen molar-refractivity contribution < 1.29 is 17.9 Å². The molecule has 7 heteroatoms. The van der Waals surface area contributed by atoms with Crippen LogP contribution in [-0.2, 0) is 19.6 Å². The molecule has 0 saturated carbocycles. The number of carbonyl (C=O) groups is 1. The van der Waals surface area contributed by atoms with Crippen LogP contribution in [0.2, 0.25) is 0 Å². The first-order valence-electron chi connectivity index (χ1n) is 6.12. The Kier molecular flexibility index (Phi) is 6.16. The molecule has 112 valence electrons. The summed E-state index contributed by atoms with van der Waals surface area (Å²) in [6.07, 6.45) is 0.377. The zero-order chi connectivity index (χ0) is 15.3. The van der Waals surface area contributed by atoms with Crippen molar-refractivity contribution in [3.8, 4) is 0 Å². The molecule has 0 fully saturated rings. The molecule has 0 aromatic heterocycles. The van der Waals surface area contributed by atoms with Crippen LogP contribution < -0.4 is 4.72 Å². The van der Waals surface area contributed by atoms with Gasteiger partial charge in [0.15, 0.2) is 0 Å². The standard InChI is InChI=1S/C13H18BrNO4S/c1-9(2)8-12(13(16)19-3)15-20(17,18)11-6-4-10(14)5-7-11/h4-7,9,12,15H,8H2,1-3H3. The molecule has 1 atom stereocenters. The van der Waals surface area contributed by atoms with Crippen LogP contribution in [0.5, 0.6) is 0 Å². The largest absolute Gasteiger partial charge is 0.468 e. The average Bonchev–Trinajstić information content (AvgIpc) is 2.36. The molecule has 1 aromatic carbocycles. The fourth-order valence-corrected chi connectivity index (χ4v) is 3.14. The van der Waals surface area contributed by atoms with Crippen molar-refractivity contribution in [2.75, 3.05) is 7.11 Å². The van der Waals surface area contributed by atoms with Crippen LogP contribution in [0.4, 0.5) is 0 Å². The minimum atomic E-state index is -3.75. The molecule has 20 heavy (non-hydrogen) atoms. The van der Waals surface area contributed by atoms with Crippen LogP contribution in [0.1, 0.15) is 20.3 Å². The van der Waals surface area contributed by atoms with Gasteiger partial charge in [-0.3, -0.25) is 4.79 Å². The number of methoxy groups -OCH3 is 1. The van der Waals surface area contributed by atoms with E-state index < -0.39 is 22.0 Å². The third kappa shape index (κ3) is 4.88. The van der Waals surface area contributed by atoms with Gasteiger partial charge in [0, 0.05) is 4.47 Å². The number of halogens is 1. The highest BCUT2D eigenvalue weighted by atomic mass is 79.9. The topological polar surface area (TPSA) is 72.5 Å². The minimum Gasteiger partial charge on any atom is -0.468 e. The van der Waals surface area contributed by atoms with Crippen molar-refractivity contribution in [2.45, 2.75) is 31.2 Å². The quantitative estimate of drug-likeness (QED) is 0.787. The van der Waals surface area contributed by atoms with E-state index >= 15 is 0 Å². The van der Waals surface area contributed by atoms with E-state index in [0.29, 0.717) is 6.42 Å². The zero-order valence-electron chi connectivity index (χ0n) is 11.6. The number of benzene rings is 1. The molecular weight excluding hydrogens is 346 g/mol. The Bertz CT molecular complexity index is 554. The number of nitrogens with one attached hydrogen (secondary N) is 1. The normalized spacial score (nSPS) is 13.2. The Morgan fingerprint density at radius 1 is 1.30 bits per heavy atom. The minimum absolute atomic E-state index is 0.110. The summed E-state index contributed by atoms with van der Waals surface area (Å²) >= 11 is 3.24. The van der Waals surface area contributed by atoms with Crippen LogP contribution in [0.25, 0.3) is 0 Å². The van der Waals surface area contributed by atoms with E-state index in [1.54, 1.807) is 12.1 Å². The Balaban J connectivity index is 2.96. The lowest BCUT2D eigenvalue weighted by Gasteiger charge is -2.18. The van der Waals surface area contributed by atoms with Crippen molar-refractivity contribution in [3.63, 3.8) is 0 Å². The molecule has 1 rings (SSSR count). The predicted molar refractivity (Wildman–Crippen MR) is 79.7 cm³/mol. The van der Waals surface area contributed by atoms with Gasteiger partial charge in [0.1, 0.15) is 6.04 Å². The number of rotatable bonds is 6. The van der Waals surface area contributed by atoms with Gasteiger partial charge in [-0.15, -0.1) is 0 Å².